The molecule has 80 valence electrons. The van der Waals surface area contributed by atoms with E-state index in [1.807, 2.05) is 6.92 Å². The second-order valence-electron chi connectivity index (χ2n) is 3.74. The molecule has 0 saturated heterocycles. The number of aliphatic hydroxyl groups is 1. The number of nitrogens with one attached hydrogen (secondary N) is 1. The molecular weight excluding hydrogens is 166 g/mol. The maximum absolute atomic E-state index is 9.80. The first-order chi connectivity index (χ1) is 6.12. The predicted molar refractivity (Wildman–Crippen MR) is 54.9 cm³/mol. The molecule has 1 unspecified atom stereocenters. The fourth-order valence-electron chi connectivity index (χ4n) is 1.32. The highest BCUT2D eigenvalue weighted by Gasteiger charge is 2.17. The Hall–Kier alpha value is -0.120. The Morgan fingerprint density at radius 2 is 2.00 bits per heavy atom. The highest BCUT2D eigenvalue weighted by Crippen LogP contribution is 2.14. The van der Waals surface area contributed by atoms with Gasteiger partial charge in [0.2, 0.25) is 0 Å². The molecule has 0 spiro atoms. The van der Waals surface area contributed by atoms with Gasteiger partial charge in [-0.15, -0.1) is 0 Å². The summed E-state index contributed by atoms with van der Waals surface area (Å²) in [6, 6.07) is 0. The normalized spacial score (nSPS) is 15.7. The van der Waals surface area contributed by atoms with Gasteiger partial charge in [0.1, 0.15) is 0 Å². The molecule has 0 aliphatic heterocycles. The maximum Gasteiger partial charge on any atom is 0.0631 e. The van der Waals surface area contributed by atoms with Gasteiger partial charge in [0.15, 0.2) is 0 Å². The molecule has 0 aliphatic rings. The first-order valence-electron chi connectivity index (χ1n) is 5.04. The second kappa shape index (κ2) is 7.30. The third-order valence-electron chi connectivity index (χ3n) is 2.11. The van der Waals surface area contributed by atoms with Crippen LogP contribution in [0.15, 0.2) is 0 Å². The zero-order valence-electron chi connectivity index (χ0n) is 9.10. The van der Waals surface area contributed by atoms with E-state index in [0.29, 0.717) is 0 Å². The molecule has 3 heteroatoms. The van der Waals surface area contributed by atoms with Crippen molar-refractivity contribution in [2.45, 2.75) is 38.7 Å². The third-order valence-corrected chi connectivity index (χ3v) is 2.11. The van der Waals surface area contributed by atoms with Crippen molar-refractivity contribution in [1.82, 2.24) is 5.32 Å². The van der Waals surface area contributed by atoms with Crippen LogP contribution in [0.3, 0.4) is 0 Å². The Morgan fingerprint density at radius 1 is 1.31 bits per heavy atom. The largest absolute Gasteiger partial charge is 0.390 e. The van der Waals surface area contributed by atoms with Crippen molar-refractivity contribution in [2.75, 3.05) is 26.8 Å². The zero-order chi connectivity index (χ0) is 10.2. The number of hydrogen-bond acceptors (Lipinski definition) is 3. The van der Waals surface area contributed by atoms with Gasteiger partial charge in [-0.2, -0.15) is 0 Å². The summed E-state index contributed by atoms with van der Waals surface area (Å²) in [7, 11) is 1.69. The molecule has 0 aromatic carbocycles. The van der Waals surface area contributed by atoms with E-state index in [1.165, 1.54) is 0 Å². The lowest BCUT2D eigenvalue weighted by Crippen LogP contribution is -2.31. The van der Waals surface area contributed by atoms with Gasteiger partial charge in [-0.05, 0) is 26.3 Å². The lowest BCUT2D eigenvalue weighted by atomic mass is 9.97. The summed E-state index contributed by atoms with van der Waals surface area (Å²) >= 11 is 0. The van der Waals surface area contributed by atoms with E-state index in [0.717, 1.165) is 39.0 Å². The molecule has 2 N–H and O–H groups in total. The molecule has 0 bridgehead atoms. The molecule has 0 heterocycles. The molecule has 0 aliphatic carbocycles. The molecule has 1 atom stereocenters. The van der Waals surface area contributed by atoms with Gasteiger partial charge in [0.25, 0.3) is 0 Å². The highest BCUT2D eigenvalue weighted by molar-refractivity contribution is 4.72. The molecule has 0 amide bonds. The van der Waals surface area contributed by atoms with Crippen LogP contribution >= 0.6 is 0 Å². The van der Waals surface area contributed by atoms with E-state index >= 15 is 0 Å². The van der Waals surface area contributed by atoms with Crippen molar-refractivity contribution in [3.8, 4) is 0 Å². The zero-order valence-corrected chi connectivity index (χ0v) is 9.10. The van der Waals surface area contributed by atoms with Crippen molar-refractivity contribution >= 4 is 0 Å². The van der Waals surface area contributed by atoms with Crippen LogP contribution in [0.5, 0.6) is 0 Å². The molecule has 13 heavy (non-hydrogen) atoms. The van der Waals surface area contributed by atoms with Crippen molar-refractivity contribution in [3.05, 3.63) is 0 Å². The van der Waals surface area contributed by atoms with Crippen molar-refractivity contribution < 1.29 is 9.84 Å². The summed E-state index contributed by atoms with van der Waals surface area (Å²) in [6.45, 7) is 6.44. The van der Waals surface area contributed by atoms with E-state index in [9.17, 15) is 5.11 Å². The summed E-state index contributed by atoms with van der Waals surface area (Å²) in [5.74, 6) is 0. The number of hydrogen-bond donors (Lipinski definition) is 2. The van der Waals surface area contributed by atoms with E-state index in [-0.39, 0.29) is 0 Å². The van der Waals surface area contributed by atoms with Gasteiger partial charge in [0, 0.05) is 13.7 Å². The Kier molecular flexibility index (Phi) is 7.23. The van der Waals surface area contributed by atoms with E-state index in [2.05, 4.69) is 12.2 Å². The van der Waals surface area contributed by atoms with Gasteiger partial charge in [-0.3, -0.25) is 0 Å². The topological polar surface area (TPSA) is 41.5 Å². The quantitative estimate of drug-likeness (QED) is 0.563. The monoisotopic (exact) mass is 189 g/mol. The molecular formula is C10H23NO2. The number of methoxy groups -OCH3 is 1. The minimum atomic E-state index is -0.505. The summed E-state index contributed by atoms with van der Waals surface area (Å²) in [6.07, 6.45) is 2.72. The predicted octanol–water partition coefficient (Wildman–Crippen LogP) is 1.16. The first-order valence-corrected chi connectivity index (χ1v) is 5.04. The lowest BCUT2D eigenvalue weighted by molar-refractivity contribution is 0.0411. The third kappa shape index (κ3) is 8.22. The molecule has 0 rings (SSSR count). The van der Waals surface area contributed by atoms with Crippen LogP contribution in [0.4, 0.5) is 0 Å². The average Bonchev–Trinajstić information content (AvgIpc) is 2.04. The minimum Gasteiger partial charge on any atom is -0.390 e. The Labute approximate surface area is 81.5 Å². The van der Waals surface area contributed by atoms with Crippen molar-refractivity contribution in [1.29, 1.82) is 0 Å². The van der Waals surface area contributed by atoms with E-state index in [4.69, 9.17) is 4.74 Å². The standard InChI is InChI=1S/C10H23NO2/c1-4-5-10(2,12)6-7-11-8-9-13-3/h11-12H,4-9H2,1-3H3. The fraction of sp³-hybridized carbons (Fsp3) is 1.00. The van der Waals surface area contributed by atoms with E-state index in [1.54, 1.807) is 7.11 Å². The second-order valence-corrected chi connectivity index (χ2v) is 3.74. The molecule has 0 aromatic rings. The molecule has 0 radical (unpaired) electrons. The summed E-state index contributed by atoms with van der Waals surface area (Å²) in [5, 5.41) is 13.0. The van der Waals surface area contributed by atoms with Crippen LogP contribution in [0.1, 0.15) is 33.1 Å². The molecule has 0 aromatic heterocycles. The summed E-state index contributed by atoms with van der Waals surface area (Å²) in [4.78, 5) is 0. The molecule has 3 nitrogen and oxygen atoms in total. The van der Waals surface area contributed by atoms with Gasteiger partial charge < -0.3 is 15.2 Å². The van der Waals surface area contributed by atoms with Crippen LogP contribution in [-0.2, 0) is 4.74 Å². The van der Waals surface area contributed by atoms with E-state index < -0.39 is 5.60 Å². The Balaban J connectivity index is 3.29. The summed E-state index contributed by atoms with van der Waals surface area (Å²) in [5.41, 5.74) is -0.505. The van der Waals surface area contributed by atoms with Crippen LogP contribution in [-0.4, -0.2) is 37.5 Å². The lowest BCUT2D eigenvalue weighted by Gasteiger charge is -2.22. The minimum absolute atomic E-state index is 0.505. The number of ether oxygens (including phenoxy) is 1. The Morgan fingerprint density at radius 3 is 2.54 bits per heavy atom. The average molecular weight is 189 g/mol. The smallest absolute Gasteiger partial charge is 0.0631 e. The number of rotatable bonds is 8. The van der Waals surface area contributed by atoms with Gasteiger partial charge in [-0.25, -0.2) is 0 Å². The van der Waals surface area contributed by atoms with Gasteiger partial charge >= 0.3 is 0 Å². The molecule has 0 fully saturated rings. The molecule has 0 saturated carbocycles. The fourth-order valence-corrected chi connectivity index (χ4v) is 1.32. The van der Waals surface area contributed by atoms with Gasteiger partial charge in [0.05, 0.1) is 12.2 Å². The highest BCUT2D eigenvalue weighted by atomic mass is 16.5. The summed E-state index contributed by atoms with van der Waals surface area (Å²) < 4.78 is 4.90. The van der Waals surface area contributed by atoms with Crippen molar-refractivity contribution in [2.24, 2.45) is 0 Å². The van der Waals surface area contributed by atoms with Crippen molar-refractivity contribution in [3.63, 3.8) is 0 Å². The van der Waals surface area contributed by atoms with Crippen LogP contribution in [0, 0.1) is 0 Å². The maximum atomic E-state index is 9.80. The SMILES string of the molecule is CCCC(C)(O)CCNCCOC. The van der Waals surface area contributed by atoms with Crippen LogP contribution in [0.25, 0.3) is 0 Å². The van der Waals surface area contributed by atoms with Gasteiger partial charge in [-0.1, -0.05) is 13.3 Å². The van der Waals surface area contributed by atoms with Crippen LogP contribution in [0.2, 0.25) is 0 Å². The van der Waals surface area contributed by atoms with Crippen LogP contribution < -0.4 is 5.32 Å². The first kappa shape index (κ1) is 12.9. The Bertz CT molecular complexity index is 115.